The first-order chi connectivity index (χ1) is 9.97. The number of rotatable bonds is 6. The van der Waals surface area contributed by atoms with Crippen LogP contribution < -0.4 is 5.32 Å². The molecule has 0 spiro atoms. The normalized spacial score (nSPS) is 34.4. The molecule has 0 bridgehead atoms. The molecule has 3 unspecified atom stereocenters. The van der Waals surface area contributed by atoms with Gasteiger partial charge in [0.05, 0.1) is 0 Å². The van der Waals surface area contributed by atoms with Crippen molar-refractivity contribution in [1.82, 2.24) is 10.2 Å². The van der Waals surface area contributed by atoms with Crippen molar-refractivity contribution in [3.05, 3.63) is 0 Å². The van der Waals surface area contributed by atoms with Crippen molar-refractivity contribution in [2.24, 2.45) is 23.2 Å². The molecule has 3 rings (SSSR count). The predicted molar refractivity (Wildman–Crippen MR) is 90.5 cm³/mol. The fourth-order valence-corrected chi connectivity index (χ4v) is 4.28. The van der Waals surface area contributed by atoms with Gasteiger partial charge in [-0.2, -0.15) is 0 Å². The molecule has 2 nitrogen and oxygen atoms in total. The molecule has 0 heterocycles. The van der Waals surface area contributed by atoms with Crippen LogP contribution in [0.25, 0.3) is 0 Å². The molecule has 122 valence electrons. The third-order valence-electron chi connectivity index (χ3n) is 6.26. The fourth-order valence-electron chi connectivity index (χ4n) is 4.28. The minimum Gasteiger partial charge on any atom is -0.315 e. The Balaban J connectivity index is 1.68. The molecule has 1 N–H and O–H groups in total. The van der Waals surface area contributed by atoms with Gasteiger partial charge in [0.15, 0.2) is 0 Å². The van der Waals surface area contributed by atoms with E-state index in [0.29, 0.717) is 5.41 Å². The van der Waals surface area contributed by atoms with E-state index in [4.69, 9.17) is 0 Å². The van der Waals surface area contributed by atoms with Gasteiger partial charge in [-0.1, -0.05) is 20.8 Å². The Morgan fingerprint density at radius 3 is 1.90 bits per heavy atom. The summed E-state index contributed by atoms with van der Waals surface area (Å²) in [5.74, 6) is 2.94. The number of nitrogens with zero attached hydrogens (tertiary/aromatic N) is 1. The Hall–Kier alpha value is -0.0800. The summed E-state index contributed by atoms with van der Waals surface area (Å²) in [7, 11) is 2.18. The second-order valence-electron chi connectivity index (χ2n) is 9.18. The molecule has 0 aromatic rings. The summed E-state index contributed by atoms with van der Waals surface area (Å²) >= 11 is 0. The summed E-state index contributed by atoms with van der Waals surface area (Å²) < 4.78 is 0. The summed E-state index contributed by atoms with van der Waals surface area (Å²) in [6, 6.07) is 1.51. The van der Waals surface area contributed by atoms with Gasteiger partial charge in [-0.25, -0.2) is 0 Å². The van der Waals surface area contributed by atoms with E-state index >= 15 is 0 Å². The first-order valence-electron chi connectivity index (χ1n) is 9.38. The standard InChI is InChI=1S/C19H36N2/c1-19(2,3)16-9-10-17(20-4)18(11-16)21(12-14-5-6-14)13-15-7-8-15/h14-18,20H,5-13H2,1-4H3. The Morgan fingerprint density at radius 2 is 1.48 bits per heavy atom. The van der Waals surface area contributed by atoms with Crippen LogP contribution in [-0.4, -0.2) is 37.1 Å². The molecular weight excluding hydrogens is 256 g/mol. The molecule has 21 heavy (non-hydrogen) atoms. The van der Waals surface area contributed by atoms with E-state index in [1.165, 1.54) is 58.0 Å². The van der Waals surface area contributed by atoms with Crippen LogP contribution in [0, 0.1) is 23.2 Å². The minimum absolute atomic E-state index is 0.474. The molecule has 0 amide bonds. The number of hydrogen-bond donors (Lipinski definition) is 1. The molecule has 2 heteroatoms. The second kappa shape index (κ2) is 6.20. The van der Waals surface area contributed by atoms with E-state index in [2.05, 4.69) is 38.0 Å². The molecule has 0 aromatic heterocycles. The third-order valence-corrected chi connectivity index (χ3v) is 6.26. The summed E-state index contributed by atoms with van der Waals surface area (Å²) in [4.78, 5) is 2.91. The smallest absolute Gasteiger partial charge is 0.0252 e. The maximum absolute atomic E-state index is 3.65. The summed E-state index contributed by atoms with van der Waals surface area (Å²) in [6.07, 6.45) is 10.1. The molecular formula is C19H36N2. The summed E-state index contributed by atoms with van der Waals surface area (Å²) in [6.45, 7) is 10.1. The summed E-state index contributed by atoms with van der Waals surface area (Å²) in [5.41, 5.74) is 0.474. The lowest BCUT2D eigenvalue weighted by molar-refractivity contribution is 0.0546. The lowest BCUT2D eigenvalue weighted by Crippen LogP contribution is -2.54. The zero-order chi connectivity index (χ0) is 15.0. The molecule has 0 saturated heterocycles. The van der Waals surface area contributed by atoms with Crippen molar-refractivity contribution in [1.29, 1.82) is 0 Å². The molecule has 3 fully saturated rings. The molecule has 0 radical (unpaired) electrons. The second-order valence-corrected chi connectivity index (χ2v) is 9.18. The van der Waals surface area contributed by atoms with Crippen LogP contribution in [0.2, 0.25) is 0 Å². The monoisotopic (exact) mass is 292 g/mol. The van der Waals surface area contributed by atoms with Gasteiger partial charge in [0.1, 0.15) is 0 Å². The zero-order valence-corrected chi connectivity index (χ0v) is 14.7. The molecule has 3 aliphatic carbocycles. The number of hydrogen-bond acceptors (Lipinski definition) is 2. The lowest BCUT2D eigenvalue weighted by Gasteiger charge is -2.46. The van der Waals surface area contributed by atoms with Gasteiger partial charge in [-0.15, -0.1) is 0 Å². The Bertz CT molecular complexity index is 324. The third kappa shape index (κ3) is 4.22. The van der Waals surface area contributed by atoms with E-state index in [-0.39, 0.29) is 0 Å². The fraction of sp³-hybridized carbons (Fsp3) is 1.00. The van der Waals surface area contributed by atoms with Crippen LogP contribution in [0.15, 0.2) is 0 Å². The predicted octanol–water partition coefficient (Wildman–Crippen LogP) is 3.91. The number of likely N-dealkylation sites (N-methyl/N-ethyl adjacent to an activating group) is 1. The van der Waals surface area contributed by atoms with Gasteiger partial charge in [-0.3, -0.25) is 4.90 Å². The van der Waals surface area contributed by atoms with E-state index in [1.807, 2.05) is 0 Å². The van der Waals surface area contributed by atoms with Crippen molar-refractivity contribution in [2.75, 3.05) is 20.1 Å². The minimum atomic E-state index is 0.474. The van der Waals surface area contributed by atoms with E-state index in [1.54, 1.807) is 0 Å². The summed E-state index contributed by atoms with van der Waals surface area (Å²) in [5, 5.41) is 3.65. The Morgan fingerprint density at radius 1 is 0.905 bits per heavy atom. The maximum atomic E-state index is 3.65. The van der Waals surface area contributed by atoms with Crippen molar-refractivity contribution in [3.63, 3.8) is 0 Å². The van der Waals surface area contributed by atoms with Gasteiger partial charge in [0.25, 0.3) is 0 Å². The highest BCUT2D eigenvalue weighted by Gasteiger charge is 2.40. The average Bonchev–Trinajstić information content (AvgIpc) is 3.31. The van der Waals surface area contributed by atoms with Crippen LogP contribution >= 0.6 is 0 Å². The molecule has 3 atom stereocenters. The highest BCUT2D eigenvalue weighted by atomic mass is 15.2. The Kier molecular flexibility index (Phi) is 4.66. The average molecular weight is 293 g/mol. The Labute approximate surface area is 132 Å². The zero-order valence-electron chi connectivity index (χ0n) is 14.7. The molecule has 3 aliphatic rings. The van der Waals surface area contributed by atoms with Crippen molar-refractivity contribution < 1.29 is 0 Å². The first kappa shape index (κ1) is 15.8. The van der Waals surface area contributed by atoms with E-state index in [0.717, 1.165) is 29.8 Å². The van der Waals surface area contributed by atoms with Crippen LogP contribution in [0.5, 0.6) is 0 Å². The SMILES string of the molecule is CNC1CCC(C(C)(C)C)CC1N(CC1CC1)CC1CC1. The van der Waals surface area contributed by atoms with E-state index in [9.17, 15) is 0 Å². The van der Waals surface area contributed by atoms with Crippen LogP contribution in [0.1, 0.15) is 65.7 Å². The van der Waals surface area contributed by atoms with Crippen LogP contribution in [0.4, 0.5) is 0 Å². The molecule has 3 saturated carbocycles. The lowest BCUT2D eigenvalue weighted by atomic mass is 9.69. The highest BCUT2D eigenvalue weighted by Crippen LogP contribution is 2.42. The van der Waals surface area contributed by atoms with Crippen LogP contribution in [-0.2, 0) is 0 Å². The van der Waals surface area contributed by atoms with Gasteiger partial charge in [0.2, 0.25) is 0 Å². The van der Waals surface area contributed by atoms with Crippen molar-refractivity contribution >= 4 is 0 Å². The number of nitrogens with one attached hydrogen (secondary N) is 1. The van der Waals surface area contributed by atoms with Gasteiger partial charge >= 0.3 is 0 Å². The van der Waals surface area contributed by atoms with Gasteiger partial charge in [-0.05, 0) is 75.2 Å². The van der Waals surface area contributed by atoms with Crippen molar-refractivity contribution in [2.45, 2.75) is 77.8 Å². The molecule has 0 aliphatic heterocycles. The topological polar surface area (TPSA) is 15.3 Å². The van der Waals surface area contributed by atoms with Gasteiger partial charge < -0.3 is 5.32 Å². The largest absolute Gasteiger partial charge is 0.315 e. The maximum Gasteiger partial charge on any atom is 0.0252 e. The quantitative estimate of drug-likeness (QED) is 0.798. The van der Waals surface area contributed by atoms with E-state index < -0.39 is 0 Å². The van der Waals surface area contributed by atoms with Crippen LogP contribution in [0.3, 0.4) is 0 Å². The first-order valence-corrected chi connectivity index (χ1v) is 9.38. The van der Waals surface area contributed by atoms with Gasteiger partial charge in [0, 0.05) is 25.2 Å². The van der Waals surface area contributed by atoms with Crippen molar-refractivity contribution in [3.8, 4) is 0 Å². The molecule has 0 aromatic carbocycles. The highest BCUT2D eigenvalue weighted by molar-refractivity contribution is 4.96.